The lowest BCUT2D eigenvalue weighted by molar-refractivity contribution is 0.724. The molecule has 0 bridgehead atoms. The average Bonchev–Trinajstić information content (AvgIpc) is 3.16. The topological polar surface area (TPSA) is 0 Å². The standard InChI is InChI=1S/C31H19ClS/c32-21-18-16-20(17-19-21)22-9-7-10-24-23-8-1-2-11-25(23)31(30(22)24)26-12-3-5-14-28(26)33-29-15-6-4-13-27(29)31/h1-19H. The third-order valence-electron chi connectivity index (χ3n) is 7.02. The Morgan fingerprint density at radius 2 is 1.03 bits per heavy atom. The SMILES string of the molecule is Clc1ccc(-c2cccc3c2C2(c4ccccc4Sc4ccccc42)c2ccccc2-3)cc1. The molecule has 1 spiro atoms. The Hall–Kier alpha value is -3.26. The highest BCUT2D eigenvalue weighted by atomic mass is 35.5. The minimum absolute atomic E-state index is 0.361. The van der Waals surface area contributed by atoms with Crippen LogP contribution in [-0.2, 0) is 5.41 Å². The number of rotatable bonds is 1. The molecule has 0 nitrogen and oxygen atoms in total. The maximum Gasteiger partial charge on any atom is 0.0741 e. The largest absolute Gasteiger partial charge is 0.0894 e. The predicted molar refractivity (Wildman–Crippen MR) is 138 cm³/mol. The quantitative estimate of drug-likeness (QED) is 0.237. The van der Waals surface area contributed by atoms with Crippen molar-refractivity contribution in [1.82, 2.24) is 0 Å². The first-order valence-electron chi connectivity index (χ1n) is 11.1. The fourth-order valence-corrected chi connectivity index (χ4v) is 7.10. The molecule has 5 aromatic carbocycles. The van der Waals surface area contributed by atoms with Crippen LogP contribution in [0.5, 0.6) is 0 Å². The van der Waals surface area contributed by atoms with E-state index >= 15 is 0 Å². The Morgan fingerprint density at radius 3 is 1.73 bits per heavy atom. The molecule has 7 rings (SSSR count). The number of halogens is 1. The highest BCUT2D eigenvalue weighted by Crippen LogP contribution is 2.63. The van der Waals surface area contributed by atoms with E-state index in [-0.39, 0.29) is 5.41 Å². The van der Waals surface area contributed by atoms with Gasteiger partial charge in [-0.05, 0) is 68.8 Å². The van der Waals surface area contributed by atoms with Crippen LogP contribution in [-0.4, -0.2) is 0 Å². The number of hydrogen-bond acceptors (Lipinski definition) is 1. The van der Waals surface area contributed by atoms with E-state index in [9.17, 15) is 0 Å². The minimum Gasteiger partial charge on any atom is -0.0894 e. The van der Waals surface area contributed by atoms with E-state index in [2.05, 4.69) is 103 Å². The van der Waals surface area contributed by atoms with Crippen LogP contribution in [0.4, 0.5) is 0 Å². The molecule has 0 atom stereocenters. The van der Waals surface area contributed by atoms with Crippen molar-refractivity contribution in [3.05, 3.63) is 143 Å². The number of fused-ring (bicyclic) bond motifs is 9. The molecule has 0 saturated heterocycles. The zero-order chi connectivity index (χ0) is 22.0. The third-order valence-corrected chi connectivity index (χ3v) is 8.42. The Morgan fingerprint density at radius 1 is 0.485 bits per heavy atom. The molecule has 0 aromatic heterocycles. The molecule has 2 aliphatic rings. The van der Waals surface area contributed by atoms with Gasteiger partial charge in [-0.1, -0.05) is 114 Å². The van der Waals surface area contributed by atoms with E-state index in [1.54, 1.807) is 0 Å². The fourth-order valence-electron chi connectivity index (χ4n) is 5.78. The summed E-state index contributed by atoms with van der Waals surface area (Å²) in [6.45, 7) is 0. The van der Waals surface area contributed by atoms with Crippen molar-refractivity contribution in [3.63, 3.8) is 0 Å². The summed E-state index contributed by atoms with van der Waals surface area (Å²) in [5.74, 6) is 0. The molecule has 0 unspecified atom stereocenters. The third kappa shape index (κ3) is 2.55. The summed E-state index contributed by atoms with van der Waals surface area (Å²) in [7, 11) is 0. The van der Waals surface area contributed by atoms with Crippen molar-refractivity contribution < 1.29 is 0 Å². The fraction of sp³-hybridized carbons (Fsp3) is 0.0323. The van der Waals surface area contributed by atoms with Gasteiger partial charge in [-0.3, -0.25) is 0 Å². The molecule has 0 saturated carbocycles. The second-order valence-corrected chi connectivity index (χ2v) is 10.1. The zero-order valence-electron chi connectivity index (χ0n) is 17.8. The first-order valence-corrected chi connectivity index (χ1v) is 12.3. The summed E-state index contributed by atoms with van der Waals surface area (Å²) < 4.78 is 0. The smallest absolute Gasteiger partial charge is 0.0741 e. The van der Waals surface area contributed by atoms with Crippen LogP contribution in [0.2, 0.25) is 5.02 Å². The maximum absolute atomic E-state index is 6.26. The monoisotopic (exact) mass is 458 g/mol. The lowest BCUT2D eigenvalue weighted by Crippen LogP contribution is -2.32. The van der Waals surface area contributed by atoms with E-state index in [0.717, 1.165) is 5.02 Å². The zero-order valence-corrected chi connectivity index (χ0v) is 19.3. The normalized spacial score (nSPS) is 14.3. The van der Waals surface area contributed by atoms with Gasteiger partial charge in [0.15, 0.2) is 0 Å². The molecule has 1 aliphatic heterocycles. The Labute approximate surface area is 202 Å². The Bertz CT molecular complexity index is 1500. The van der Waals surface area contributed by atoms with Gasteiger partial charge in [-0.2, -0.15) is 0 Å². The molecule has 0 fully saturated rings. The van der Waals surface area contributed by atoms with Crippen LogP contribution < -0.4 is 0 Å². The second-order valence-electron chi connectivity index (χ2n) is 8.62. The van der Waals surface area contributed by atoms with Crippen molar-refractivity contribution in [2.75, 3.05) is 0 Å². The molecule has 1 heterocycles. The molecule has 1 aliphatic carbocycles. The van der Waals surface area contributed by atoms with Crippen LogP contribution in [0.1, 0.15) is 22.3 Å². The lowest BCUT2D eigenvalue weighted by atomic mass is 9.66. The van der Waals surface area contributed by atoms with Crippen LogP contribution >= 0.6 is 23.4 Å². The van der Waals surface area contributed by atoms with Gasteiger partial charge in [0.05, 0.1) is 5.41 Å². The first kappa shape index (κ1) is 19.2. The average molecular weight is 459 g/mol. The molecular weight excluding hydrogens is 440 g/mol. The molecule has 33 heavy (non-hydrogen) atoms. The molecule has 0 amide bonds. The van der Waals surface area contributed by atoms with E-state index in [0.29, 0.717) is 0 Å². The minimum atomic E-state index is -0.361. The summed E-state index contributed by atoms with van der Waals surface area (Å²) in [6.07, 6.45) is 0. The molecule has 0 N–H and O–H groups in total. The van der Waals surface area contributed by atoms with Crippen LogP contribution in [0.3, 0.4) is 0 Å². The van der Waals surface area contributed by atoms with Gasteiger partial charge >= 0.3 is 0 Å². The Balaban J connectivity index is 1.69. The molecule has 5 aromatic rings. The maximum atomic E-state index is 6.26. The molecule has 0 radical (unpaired) electrons. The van der Waals surface area contributed by atoms with Crippen molar-refractivity contribution in [1.29, 1.82) is 0 Å². The highest BCUT2D eigenvalue weighted by Gasteiger charge is 2.51. The predicted octanol–water partition coefficient (Wildman–Crippen LogP) is 8.83. The summed E-state index contributed by atoms with van der Waals surface area (Å²) >= 11 is 8.14. The summed E-state index contributed by atoms with van der Waals surface area (Å²) in [5, 5.41) is 0.758. The van der Waals surface area contributed by atoms with Gasteiger partial charge < -0.3 is 0 Å². The van der Waals surface area contributed by atoms with Gasteiger partial charge in [0.1, 0.15) is 0 Å². The van der Waals surface area contributed by atoms with Gasteiger partial charge in [0, 0.05) is 14.8 Å². The van der Waals surface area contributed by atoms with Gasteiger partial charge in [0.25, 0.3) is 0 Å². The summed E-state index contributed by atoms with van der Waals surface area (Å²) in [4.78, 5) is 2.65. The number of benzene rings is 5. The lowest BCUT2D eigenvalue weighted by Gasteiger charge is -2.40. The van der Waals surface area contributed by atoms with Crippen LogP contribution in [0.25, 0.3) is 22.3 Å². The molecule has 2 heteroatoms. The van der Waals surface area contributed by atoms with Gasteiger partial charge in [-0.15, -0.1) is 0 Å². The first-order chi connectivity index (χ1) is 16.3. The van der Waals surface area contributed by atoms with E-state index in [1.165, 1.54) is 54.3 Å². The van der Waals surface area contributed by atoms with Crippen molar-refractivity contribution in [2.45, 2.75) is 15.2 Å². The second kappa shape index (κ2) is 7.12. The number of hydrogen-bond donors (Lipinski definition) is 0. The summed E-state index contributed by atoms with van der Waals surface area (Å²) in [5.41, 5.74) is 10.2. The van der Waals surface area contributed by atoms with Crippen molar-refractivity contribution in [3.8, 4) is 22.3 Å². The van der Waals surface area contributed by atoms with Gasteiger partial charge in [-0.25, -0.2) is 0 Å². The molecular formula is C31H19ClS. The van der Waals surface area contributed by atoms with E-state index in [4.69, 9.17) is 11.6 Å². The van der Waals surface area contributed by atoms with Crippen LogP contribution in [0, 0.1) is 0 Å². The van der Waals surface area contributed by atoms with E-state index < -0.39 is 0 Å². The Kier molecular flexibility index (Phi) is 4.15. The molecule has 156 valence electrons. The highest BCUT2D eigenvalue weighted by molar-refractivity contribution is 7.99. The summed E-state index contributed by atoms with van der Waals surface area (Å²) in [6, 6.07) is 41.8. The van der Waals surface area contributed by atoms with Crippen molar-refractivity contribution >= 4 is 23.4 Å². The van der Waals surface area contributed by atoms with E-state index in [1.807, 2.05) is 23.9 Å². The van der Waals surface area contributed by atoms with Gasteiger partial charge in [0.2, 0.25) is 0 Å². The van der Waals surface area contributed by atoms with Crippen LogP contribution in [0.15, 0.2) is 125 Å². The van der Waals surface area contributed by atoms with Crippen molar-refractivity contribution in [2.24, 2.45) is 0 Å².